The lowest BCUT2D eigenvalue weighted by Crippen LogP contribution is -2.44. The molecule has 1 saturated heterocycles. The van der Waals surface area contributed by atoms with E-state index in [4.69, 9.17) is 9.47 Å². The van der Waals surface area contributed by atoms with Gasteiger partial charge in [-0.05, 0) is 38.8 Å². The minimum atomic E-state index is -0.139. The summed E-state index contributed by atoms with van der Waals surface area (Å²) in [5.74, 6) is 0.510. The highest BCUT2D eigenvalue weighted by molar-refractivity contribution is 5.75. The number of methoxy groups -OCH3 is 2. The van der Waals surface area contributed by atoms with E-state index in [2.05, 4.69) is 4.90 Å². The molecule has 4 nitrogen and oxygen atoms in total. The molecule has 0 amide bonds. The molecule has 0 saturated carbocycles. The highest BCUT2D eigenvalue weighted by Gasteiger charge is 2.26. The molecule has 0 radical (unpaired) electrons. The molecule has 1 fully saturated rings. The fourth-order valence-electron chi connectivity index (χ4n) is 2.06. The summed E-state index contributed by atoms with van der Waals surface area (Å²) in [5, 5.41) is 0. The number of rotatable bonds is 4. The average molecular weight is 215 g/mol. The van der Waals surface area contributed by atoms with Crippen LogP contribution in [-0.4, -0.2) is 50.8 Å². The molecular weight excluding hydrogens is 194 g/mol. The Morgan fingerprint density at radius 3 is 2.47 bits per heavy atom. The average Bonchev–Trinajstić information content (AvgIpc) is 2.28. The van der Waals surface area contributed by atoms with Gasteiger partial charge in [0.05, 0.1) is 7.11 Å². The predicted octanol–water partition coefficient (Wildman–Crippen LogP) is 0.906. The van der Waals surface area contributed by atoms with Gasteiger partial charge in [-0.15, -0.1) is 0 Å². The Morgan fingerprint density at radius 1 is 1.40 bits per heavy atom. The van der Waals surface area contributed by atoms with Crippen molar-refractivity contribution in [3.8, 4) is 0 Å². The third kappa shape index (κ3) is 3.47. The second-order valence-corrected chi connectivity index (χ2v) is 4.13. The number of piperidine rings is 1. The van der Waals surface area contributed by atoms with Crippen LogP contribution in [0.4, 0.5) is 0 Å². The summed E-state index contributed by atoms with van der Waals surface area (Å²) in [7, 11) is 3.18. The van der Waals surface area contributed by atoms with Crippen LogP contribution >= 0.6 is 0 Å². The molecule has 0 bridgehead atoms. The Balaban J connectivity index is 2.33. The number of hydrogen-bond acceptors (Lipinski definition) is 4. The van der Waals surface area contributed by atoms with Crippen LogP contribution in [0.2, 0.25) is 0 Å². The van der Waals surface area contributed by atoms with Crippen molar-refractivity contribution >= 4 is 5.97 Å². The maximum Gasteiger partial charge on any atom is 0.322 e. The van der Waals surface area contributed by atoms with Crippen molar-refractivity contribution in [3.63, 3.8) is 0 Å². The van der Waals surface area contributed by atoms with Crippen molar-refractivity contribution in [1.82, 2.24) is 4.90 Å². The molecule has 0 N–H and O–H groups in total. The zero-order valence-corrected chi connectivity index (χ0v) is 9.86. The summed E-state index contributed by atoms with van der Waals surface area (Å²) in [6.07, 6.45) is 2.21. The van der Waals surface area contributed by atoms with E-state index < -0.39 is 0 Å². The van der Waals surface area contributed by atoms with E-state index in [0.29, 0.717) is 5.92 Å². The standard InChI is InChI=1S/C11H21NO3/c1-9(11(13)15-3)12-6-4-10(5-7-12)8-14-2/h9-10H,4-8H2,1-3H3. The van der Waals surface area contributed by atoms with Gasteiger partial charge in [-0.2, -0.15) is 0 Å². The van der Waals surface area contributed by atoms with E-state index in [9.17, 15) is 4.79 Å². The van der Waals surface area contributed by atoms with Gasteiger partial charge < -0.3 is 9.47 Å². The van der Waals surface area contributed by atoms with Gasteiger partial charge in [0.2, 0.25) is 0 Å². The van der Waals surface area contributed by atoms with Gasteiger partial charge in [0.25, 0.3) is 0 Å². The van der Waals surface area contributed by atoms with E-state index >= 15 is 0 Å². The SMILES string of the molecule is COCC1CCN(C(C)C(=O)OC)CC1. The first-order valence-corrected chi connectivity index (χ1v) is 5.49. The summed E-state index contributed by atoms with van der Waals surface area (Å²) in [6.45, 7) is 4.66. The van der Waals surface area contributed by atoms with Crippen molar-refractivity contribution in [2.75, 3.05) is 33.9 Å². The van der Waals surface area contributed by atoms with Gasteiger partial charge in [0.1, 0.15) is 6.04 Å². The highest BCUT2D eigenvalue weighted by Crippen LogP contribution is 2.19. The molecule has 1 heterocycles. The van der Waals surface area contributed by atoms with Crippen molar-refractivity contribution in [2.45, 2.75) is 25.8 Å². The Labute approximate surface area is 91.5 Å². The number of carbonyl (C=O) groups excluding carboxylic acids is 1. The van der Waals surface area contributed by atoms with Crippen LogP contribution in [0.3, 0.4) is 0 Å². The predicted molar refractivity (Wildman–Crippen MR) is 57.7 cm³/mol. The first-order chi connectivity index (χ1) is 7.19. The minimum Gasteiger partial charge on any atom is -0.468 e. The fourth-order valence-corrected chi connectivity index (χ4v) is 2.06. The lowest BCUT2D eigenvalue weighted by molar-refractivity contribution is -0.147. The lowest BCUT2D eigenvalue weighted by Gasteiger charge is -2.34. The van der Waals surface area contributed by atoms with E-state index in [1.807, 2.05) is 6.92 Å². The quantitative estimate of drug-likeness (QED) is 0.653. The van der Waals surface area contributed by atoms with Gasteiger partial charge in [0, 0.05) is 13.7 Å². The third-order valence-corrected chi connectivity index (χ3v) is 3.14. The summed E-state index contributed by atoms with van der Waals surface area (Å²) in [5.41, 5.74) is 0. The maximum absolute atomic E-state index is 11.3. The lowest BCUT2D eigenvalue weighted by atomic mass is 9.97. The molecule has 88 valence electrons. The molecule has 0 aromatic carbocycles. The fraction of sp³-hybridized carbons (Fsp3) is 0.909. The van der Waals surface area contributed by atoms with Crippen LogP contribution in [0.15, 0.2) is 0 Å². The van der Waals surface area contributed by atoms with Crippen LogP contribution in [0.5, 0.6) is 0 Å². The number of nitrogens with zero attached hydrogens (tertiary/aromatic N) is 1. The van der Waals surface area contributed by atoms with Gasteiger partial charge in [-0.3, -0.25) is 9.69 Å². The molecule has 4 heteroatoms. The van der Waals surface area contributed by atoms with Crippen molar-refractivity contribution in [3.05, 3.63) is 0 Å². The Hall–Kier alpha value is -0.610. The molecule has 1 unspecified atom stereocenters. The van der Waals surface area contributed by atoms with Crippen molar-refractivity contribution in [2.24, 2.45) is 5.92 Å². The third-order valence-electron chi connectivity index (χ3n) is 3.14. The smallest absolute Gasteiger partial charge is 0.322 e. The van der Waals surface area contributed by atoms with E-state index in [1.54, 1.807) is 7.11 Å². The second kappa shape index (κ2) is 6.08. The first kappa shape index (κ1) is 12.5. The van der Waals surface area contributed by atoms with Crippen LogP contribution in [0.25, 0.3) is 0 Å². The molecule has 1 atom stereocenters. The normalized spacial score (nSPS) is 21.3. The number of esters is 1. The molecule has 15 heavy (non-hydrogen) atoms. The summed E-state index contributed by atoms with van der Waals surface area (Å²) in [6, 6.07) is -0.113. The molecule has 1 aliphatic rings. The number of carbonyl (C=O) groups is 1. The molecule has 0 aromatic heterocycles. The summed E-state index contributed by atoms with van der Waals surface area (Å²) in [4.78, 5) is 13.5. The number of hydrogen-bond donors (Lipinski definition) is 0. The largest absolute Gasteiger partial charge is 0.468 e. The van der Waals surface area contributed by atoms with Gasteiger partial charge >= 0.3 is 5.97 Å². The second-order valence-electron chi connectivity index (χ2n) is 4.13. The monoisotopic (exact) mass is 215 g/mol. The van der Waals surface area contributed by atoms with Crippen LogP contribution in [-0.2, 0) is 14.3 Å². The Kier molecular flexibility index (Phi) is 5.05. The first-order valence-electron chi connectivity index (χ1n) is 5.49. The van der Waals surface area contributed by atoms with E-state index in [-0.39, 0.29) is 12.0 Å². The molecular formula is C11H21NO3. The summed E-state index contributed by atoms with van der Waals surface area (Å²) >= 11 is 0. The molecule has 1 rings (SSSR count). The maximum atomic E-state index is 11.3. The Bertz CT molecular complexity index is 200. The molecule has 0 aromatic rings. The molecule has 0 aliphatic carbocycles. The summed E-state index contributed by atoms with van der Waals surface area (Å²) < 4.78 is 9.87. The number of ether oxygens (including phenoxy) is 2. The van der Waals surface area contributed by atoms with Gasteiger partial charge in [-0.1, -0.05) is 0 Å². The van der Waals surface area contributed by atoms with Gasteiger partial charge in [0.15, 0.2) is 0 Å². The van der Waals surface area contributed by atoms with E-state index in [1.165, 1.54) is 7.11 Å². The van der Waals surface area contributed by atoms with E-state index in [0.717, 1.165) is 32.5 Å². The molecule has 0 spiro atoms. The van der Waals surface area contributed by atoms with Crippen LogP contribution in [0, 0.1) is 5.92 Å². The number of likely N-dealkylation sites (tertiary alicyclic amines) is 1. The topological polar surface area (TPSA) is 38.8 Å². The zero-order chi connectivity index (χ0) is 11.3. The van der Waals surface area contributed by atoms with Crippen LogP contribution in [0.1, 0.15) is 19.8 Å². The highest BCUT2D eigenvalue weighted by atomic mass is 16.5. The minimum absolute atomic E-state index is 0.113. The van der Waals surface area contributed by atoms with Crippen molar-refractivity contribution in [1.29, 1.82) is 0 Å². The zero-order valence-electron chi connectivity index (χ0n) is 9.86. The Morgan fingerprint density at radius 2 is 2.00 bits per heavy atom. The van der Waals surface area contributed by atoms with Crippen LogP contribution < -0.4 is 0 Å². The molecule has 1 aliphatic heterocycles. The van der Waals surface area contributed by atoms with Crippen molar-refractivity contribution < 1.29 is 14.3 Å². The van der Waals surface area contributed by atoms with Gasteiger partial charge in [-0.25, -0.2) is 0 Å².